The number of thioether (sulfide) groups is 1. The van der Waals surface area contributed by atoms with Crippen molar-refractivity contribution in [2.24, 2.45) is 0 Å². The highest BCUT2D eigenvalue weighted by Crippen LogP contribution is 2.28. The van der Waals surface area contributed by atoms with Gasteiger partial charge in [-0.25, -0.2) is 0 Å². The van der Waals surface area contributed by atoms with Crippen molar-refractivity contribution in [1.29, 1.82) is 0 Å². The zero-order valence-electron chi connectivity index (χ0n) is 11.0. The number of carbonyl (C=O) groups is 1. The number of halogens is 1. The van der Waals surface area contributed by atoms with Gasteiger partial charge in [-0.05, 0) is 30.5 Å². The molecule has 0 atom stereocenters. The molecular weight excluding hydrogens is 312 g/mol. The summed E-state index contributed by atoms with van der Waals surface area (Å²) in [5.74, 6) is -0.323. The molecule has 1 N–H and O–H groups in total. The van der Waals surface area contributed by atoms with Gasteiger partial charge in [0.1, 0.15) is 5.02 Å². The Labute approximate surface area is 130 Å². The van der Waals surface area contributed by atoms with Gasteiger partial charge in [0.25, 0.3) is 11.6 Å². The van der Waals surface area contributed by atoms with Gasteiger partial charge >= 0.3 is 0 Å². The molecule has 5 nitrogen and oxygen atoms in total. The van der Waals surface area contributed by atoms with Crippen LogP contribution in [-0.4, -0.2) is 17.1 Å². The maximum atomic E-state index is 12.2. The summed E-state index contributed by atoms with van der Waals surface area (Å²) < 4.78 is 0. The van der Waals surface area contributed by atoms with Crippen LogP contribution in [0, 0.1) is 10.1 Å². The summed E-state index contributed by atoms with van der Waals surface area (Å²) in [4.78, 5) is 23.3. The molecule has 0 radical (unpaired) electrons. The third-order valence-corrected chi connectivity index (χ3v) is 3.87. The lowest BCUT2D eigenvalue weighted by Crippen LogP contribution is -2.13. The molecule has 2 aromatic rings. The summed E-state index contributed by atoms with van der Waals surface area (Å²) in [7, 11) is 0. The fourth-order valence-electron chi connectivity index (χ4n) is 1.76. The smallest absolute Gasteiger partial charge is 0.289 e. The highest BCUT2D eigenvalue weighted by atomic mass is 35.5. The van der Waals surface area contributed by atoms with Crippen molar-refractivity contribution in [2.75, 3.05) is 11.6 Å². The maximum Gasteiger partial charge on any atom is 0.289 e. The minimum Gasteiger partial charge on any atom is -0.322 e. The van der Waals surface area contributed by atoms with Gasteiger partial charge in [-0.2, -0.15) is 0 Å². The highest BCUT2D eigenvalue weighted by Gasteiger charge is 2.15. The number of benzene rings is 2. The standard InChI is InChI=1S/C14H11ClN2O3S/c1-21-13-5-3-2-4-10(13)14(18)16-9-6-7-11(15)12(8-9)17(19)20/h2-8H,1H3,(H,16,18). The Morgan fingerprint density at radius 2 is 2.00 bits per heavy atom. The summed E-state index contributed by atoms with van der Waals surface area (Å²) in [5, 5.41) is 13.5. The summed E-state index contributed by atoms with van der Waals surface area (Å²) in [6.07, 6.45) is 1.87. The molecule has 1 amide bonds. The first-order valence-electron chi connectivity index (χ1n) is 5.91. The number of nitro groups is 1. The lowest BCUT2D eigenvalue weighted by atomic mass is 10.2. The predicted octanol–water partition coefficient (Wildman–Crippen LogP) is 4.22. The Morgan fingerprint density at radius 1 is 1.29 bits per heavy atom. The van der Waals surface area contributed by atoms with Crippen LogP contribution in [0.3, 0.4) is 0 Å². The minimum atomic E-state index is -0.589. The second-order valence-electron chi connectivity index (χ2n) is 4.08. The van der Waals surface area contributed by atoms with Crippen molar-refractivity contribution < 1.29 is 9.72 Å². The van der Waals surface area contributed by atoms with E-state index in [-0.39, 0.29) is 16.6 Å². The molecule has 0 saturated heterocycles. The topological polar surface area (TPSA) is 72.2 Å². The average Bonchev–Trinajstić information content (AvgIpc) is 2.48. The normalized spacial score (nSPS) is 10.2. The number of nitrogens with one attached hydrogen (secondary N) is 1. The monoisotopic (exact) mass is 322 g/mol. The highest BCUT2D eigenvalue weighted by molar-refractivity contribution is 7.98. The van der Waals surface area contributed by atoms with Gasteiger partial charge in [0.15, 0.2) is 0 Å². The average molecular weight is 323 g/mol. The zero-order valence-corrected chi connectivity index (χ0v) is 12.6. The van der Waals surface area contributed by atoms with Crippen molar-refractivity contribution in [3.8, 4) is 0 Å². The zero-order chi connectivity index (χ0) is 15.4. The second-order valence-corrected chi connectivity index (χ2v) is 5.33. The molecule has 2 rings (SSSR count). The Balaban J connectivity index is 2.28. The predicted molar refractivity (Wildman–Crippen MR) is 84.3 cm³/mol. The number of hydrogen-bond donors (Lipinski definition) is 1. The molecule has 0 saturated carbocycles. The molecule has 0 spiro atoms. The van der Waals surface area contributed by atoms with Crippen molar-refractivity contribution >= 4 is 40.6 Å². The minimum absolute atomic E-state index is 0.0301. The van der Waals surface area contributed by atoms with Crippen LogP contribution in [0.5, 0.6) is 0 Å². The maximum absolute atomic E-state index is 12.2. The lowest BCUT2D eigenvalue weighted by Gasteiger charge is -2.08. The third kappa shape index (κ3) is 3.53. The Morgan fingerprint density at radius 3 is 2.67 bits per heavy atom. The van der Waals surface area contributed by atoms with E-state index in [0.29, 0.717) is 11.3 Å². The molecule has 7 heteroatoms. The molecule has 0 unspecified atom stereocenters. The number of hydrogen-bond acceptors (Lipinski definition) is 4. The molecule has 0 bridgehead atoms. The molecule has 2 aromatic carbocycles. The van der Waals surface area contributed by atoms with Crippen LogP contribution >= 0.6 is 23.4 Å². The van der Waals surface area contributed by atoms with Crippen molar-refractivity contribution in [3.63, 3.8) is 0 Å². The van der Waals surface area contributed by atoms with Crippen LogP contribution in [0.2, 0.25) is 5.02 Å². The summed E-state index contributed by atoms with van der Waals surface area (Å²) in [5.41, 5.74) is 0.599. The van der Waals surface area contributed by atoms with E-state index < -0.39 is 4.92 Å². The van der Waals surface area contributed by atoms with Gasteiger partial charge in [0.05, 0.1) is 10.5 Å². The van der Waals surface area contributed by atoms with Crippen LogP contribution in [-0.2, 0) is 0 Å². The van der Waals surface area contributed by atoms with E-state index in [4.69, 9.17) is 11.6 Å². The molecule has 21 heavy (non-hydrogen) atoms. The number of nitrogens with zero attached hydrogens (tertiary/aromatic N) is 1. The Bertz CT molecular complexity index is 706. The van der Waals surface area contributed by atoms with Gasteiger partial charge in [0, 0.05) is 16.6 Å². The van der Waals surface area contributed by atoms with E-state index in [1.54, 1.807) is 12.1 Å². The number of amides is 1. The summed E-state index contributed by atoms with van der Waals surface area (Å²) in [6.45, 7) is 0. The first-order valence-corrected chi connectivity index (χ1v) is 7.51. The van der Waals surface area contributed by atoms with E-state index in [2.05, 4.69) is 5.32 Å². The molecule has 0 heterocycles. The Hall–Kier alpha value is -2.05. The summed E-state index contributed by atoms with van der Waals surface area (Å²) >= 11 is 7.19. The summed E-state index contributed by atoms with van der Waals surface area (Å²) in [6, 6.07) is 11.3. The molecule has 108 valence electrons. The van der Waals surface area contributed by atoms with E-state index in [9.17, 15) is 14.9 Å². The number of carbonyl (C=O) groups excluding carboxylic acids is 1. The quantitative estimate of drug-likeness (QED) is 0.519. The first-order chi connectivity index (χ1) is 10.0. The van der Waals surface area contributed by atoms with Crippen LogP contribution in [0.1, 0.15) is 10.4 Å². The van der Waals surface area contributed by atoms with E-state index in [1.807, 2.05) is 18.4 Å². The van der Waals surface area contributed by atoms with Crippen LogP contribution in [0.4, 0.5) is 11.4 Å². The van der Waals surface area contributed by atoms with Gasteiger partial charge in [-0.15, -0.1) is 11.8 Å². The van der Waals surface area contributed by atoms with E-state index in [0.717, 1.165) is 4.90 Å². The lowest BCUT2D eigenvalue weighted by molar-refractivity contribution is -0.384. The first kappa shape index (κ1) is 15.3. The molecule has 0 fully saturated rings. The van der Waals surface area contributed by atoms with Crippen LogP contribution in [0.25, 0.3) is 0 Å². The fraction of sp³-hybridized carbons (Fsp3) is 0.0714. The van der Waals surface area contributed by atoms with Gasteiger partial charge in [0.2, 0.25) is 0 Å². The van der Waals surface area contributed by atoms with Gasteiger partial charge in [-0.1, -0.05) is 23.7 Å². The molecule has 0 aliphatic carbocycles. The Kier molecular flexibility index (Phi) is 4.82. The molecule has 0 aliphatic rings. The van der Waals surface area contributed by atoms with E-state index >= 15 is 0 Å². The number of rotatable bonds is 4. The molecular formula is C14H11ClN2O3S. The third-order valence-electron chi connectivity index (χ3n) is 2.75. The largest absolute Gasteiger partial charge is 0.322 e. The van der Waals surface area contributed by atoms with Gasteiger partial charge in [-0.3, -0.25) is 14.9 Å². The molecule has 0 aliphatic heterocycles. The number of nitro benzene ring substituents is 1. The van der Waals surface area contributed by atoms with Crippen LogP contribution in [0.15, 0.2) is 47.4 Å². The van der Waals surface area contributed by atoms with E-state index in [1.165, 1.54) is 30.0 Å². The SMILES string of the molecule is CSc1ccccc1C(=O)Nc1ccc(Cl)c([N+](=O)[O-])c1. The fourth-order valence-corrected chi connectivity index (χ4v) is 2.54. The van der Waals surface area contributed by atoms with Crippen molar-refractivity contribution in [1.82, 2.24) is 0 Å². The number of anilines is 1. The van der Waals surface area contributed by atoms with Crippen molar-refractivity contribution in [3.05, 3.63) is 63.2 Å². The molecule has 0 aromatic heterocycles. The van der Waals surface area contributed by atoms with Crippen LogP contribution < -0.4 is 5.32 Å². The van der Waals surface area contributed by atoms with Crippen molar-refractivity contribution in [2.45, 2.75) is 4.90 Å². The second kappa shape index (κ2) is 6.60. The van der Waals surface area contributed by atoms with Gasteiger partial charge < -0.3 is 5.32 Å².